The van der Waals surface area contributed by atoms with Gasteiger partial charge in [-0.3, -0.25) is 9.52 Å². The number of benzene rings is 3. The lowest BCUT2D eigenvalue weighted by Gasteiger charge is -2.14. The van der Waals surface area contributed by atoms with Gasteiger partial charge in [0.15, 0.2) is 11.5 Å². The summed E-state index contributed by atoms with van der Waals surface area (Å²) in [5.41, 5.74) is 1.37. The van der Waals surface area contributed by atoms with E-state index in [1.807, 2.05) is 0 Å². The number of carbonyl (C=O) groups excluding carboxylic acids is 1. The fourth-order valence-electron chi connectivity index (χ4n) is 3.24. The zero-order valence-corrected chi connectivity index (χ0v) is 20.1. The number of carbonyl (C=O) groups is 1. The Balaban J connectivity index is 1.74. The van der Waals surface area contributed by atoms with Crippen LogP contribution in [0.5, 0.6) is 23.0 Å². The highest BCUT2D eigenvalue weighted by Crippen LogP contribution is 2.38. The van der Waals surface area contributed by atoms with Crippen molar-refractivity contribution >= 4 is 27.3 Å². The molecule has 0 saturated carbocycles. The van der Waals surface area contributed by atoms with E-state index in [4.69, 9.17) is 18.9 Å². The van der Waals surface area contributed by atoms with E-state index in [-0.39, 0.29) is 17.2 Å². The van der Waals surface area contributed by atoms with Gasteiger partial charge in [0.05, 0.1) is 39.8 Å². The van der Waals surface area contributed by atoms with E-state index < -0.39 is 10.0 Å². The monoisotopic (exact) mass is 486 g/mol. The number of amides is 1. The molecule has 3 aromatic rings. The average molecular weight is 487 g/mol. The maximum absolute atomic E-state index is 12.8. The number of rotatable bonds is 10. The van der Waals surface area contributed by atoms with Crippen molar-refractivity contribution in [3.05, 3.63) is 66.2 Å². The summed E-state index contributed by atoms with van der Waals surface area (Å²) < 4.78 is 49.1. The van der Waals surface area contributed by atoms with Crippen LogP contribution in [0.25, 0.3) is 0 Å². The molecule has 3 aromatic carbocycles. The maximum Gasteiger partial charge on any atom is 0.261 e. The molecule has 3 rings (SSSR count). The molecule has 0 aliphatic heterocycles. The van der Waals surface area contributed by atoms with E-state index in [0.717, 1.165) is 0 Å². The zero-order valence-electron chi connectivity index (χ0n) is 19.2. The van der Waals surface area contributed by atoms with Crippen molar-refractivity contribution in [3.8, 4) is 23.0 Å². The number of ether oxygens (including phenoxy) is 4. The third kappa shape index (κ3) is 5.90. The molecular formula is C24H26N2O7S. The van der Waals surface area contributed by atoms with E-state index in [2.05, 4.69) is 10.0 Å². The maximum atomic E-state index is 12.8. The molecule has 10 heteroatoms. The van der Waals surface area contributed by atoms with Crippen molar-refractivity contribution in [2.75, 3.05) is 38.5 Å². The topological polar surface area (TPSA) is 112 Å². The summed E-state index contributed by atoms with van der Waals surface area (Å²) in [5.74, 6) is 1.56. The van der Waals surface area contributed by atoms with Crippen LogP contribution in [0.15, 0.2) is 65.6 Å². The first kappa shape index (κ1) is 24.7. The van der Waals surface area contributed by atoms with E-state index in [0.29, 0.717) is 39.9 Å². The van der Waals surface area contributed by atoms with Gasteiger partial charge in [-0.2, -0.15) is 0 Å². The van der Waals surface area contributed by atoms with Crippen LogP contribution in [0.3, 0.4) is 0 Å². The van der Waals surface area contributed by atoms with Gasteiger partial charge in [0.1, 0.15) is 5.75 Å². The van der Waals surface area contributed by atoms with Crippen molar-refractivity contribution in [2.45, 2.75) is 11.3 Å². The van der Waals surface area contributed by atoms with Gasteiger partial charge in [-0.05, 0) is 60.2 Å². The Hall–Kier alpha value is -3.92. The molecule has 9 nitrogen and oxygen atoms in total. The third-order valence-electron chi connectivity index (χ3n) is 4.86. The average Bonchev–Trinajstić information content (AvgIpc) is 2.83. The summed E-state index contributed by atoms with van der Waals surface area (Å²) in [7, 11) is 2.15. The first-order chi connectivity index (χ1) is 16.3. The Morgan fingerprint density at radius 3 is 2.00 bits per heavy atom. The van der Waals surface area contributed by atoms with Gasteiger partial charge in [-0.25, -0.2) is 8.42 Å². The summed E-state index contributed by atoms with van der Waals surface area (Å²) in [6.07, 6.45) is 0.0117. The molecule has 0 spiro atoms. The number of hydrogen-bond donors (Lipinski definition) is 2. The van der Waals surface area contributed by atoms with Crippen molar-refractivity contribution in [3.63, 3.8) is 0 Å². The molecule has 0 saturated heterocycles. The quantitative estimate of drug-likeness (QED) is 0.449. The SMILES string of the molecule is COc1ccc(NS(=O)(=O)c2cccc(NC(=O)Cc3cc(OC)c(OC)c(OC)c3)c2)cc1. The molecule has 34 heavy (non-hydrogen) atoms. The second-order valence-electron chi connectivity index (χ2n) is 7.12. The standard InChI is InChI=1S/C24H26N2O7S/c1-30-19-10-8-17(9-11-19)26-34(28,29)20-7-5-6-18(15-20)25-23(27)14-16-12-21(31-2)24(33-4)22(13-16)32-3/h5-13,15,26H,14H2,1-4H3,(H,25,27). The molecule has 0 radical (unpaired) electrons. The molecule has 0 aliphatic rings. The van der Waals surface area contributed by atoms with Crippen LogP contribution in [0.2, 0.25) is 0 Å². The summed E-state index contributed by atoms with van der Waals surface area (Å²) in [6, 6.07) is 15.9. The molecule has 0 aromatic heterocycles. The minimum Gasteiger partial charge on any atom is -0.497 e. The third-order valence-corrected chi connectivity index (χ3v) is 6.24. The van der Waals surface area contributed by atoms with Crippen LogP contribution in [0.1, 0.15) is 5.56 Å². The number of sulfonamides is 1. The minimum atomic E-state index is -3.86. The van der Waals surface area contributed by atoms with E-state index in [1.54, 1.807) is 48.5 Å². The number of anilines is 2. The Morgan fingerprint density at radius 1 is 0.794 bits per heavy atom. The van der Waals surface area contributed by atoms with Crippen LogP contribution in [0, 0.1) is 0 Å². The first-order valence-corrected chi connectivity index (χ1v) is 11.6. The van der Waals surface area contributed by atoms with Crippen molar-refractivity contribution in [1.29, 1.82) is 0 Å². The van der Waals surface area contributed by atoms with E-state index in [1.165, 1.54) is 40.6 Å². The lowest BCUT2D eigenvalue weighted by atomic mass is 10.1. The van der Waals surface area contributed by atoms with Gasteiger partial charge in [-0.15, -0.1) is 0 Å². The molecule has 0 heterocycles. The Kier molecular flexibility index (Phi) is 7.85. The highest BCUT2D eigenvalue weighted by atomic mass is 32.2. The van der Waals surface area contributed by atoms with Gasteiger partial charge in [0.2, 0.25) is 11.7 Å². The molecule has 0 unspecified atom stereocenters. The summed E-state index contributed by atoms with van der Waals surface area (Å²) >= 11 is 0. The summed E-state index contributed by atoms with van der Waals surface area (Å²) in [5, 5.41) is 2.72. The predicted octanol–water partition coefficient (Wildman–Crippen LogP) is 3.70. The van der Waals surface area contributed by atoms with Crippen LogP contribution in [0.4, 0.5) is 11.4 Å². The minimum absolute atomic E-state index is 0.00824. The highest BCUT2D eigenvalue weighted by Gasteiger charge is 2.17. The van der Waals surface area contributed by atoms with E-state index >= 15 is 0 Å². The normalized spacial score (nSPS) is 10.8. The van der Waals surface area contributed by atoms with Crippen LogP contribution < -0.4 is 29.0 Å². The Bertz CT molecular complexity index is 1230. The van der Waals surface area contributed by atoms with Crippen LogP contribution in [-0.4, -0.2) is 42.8 Å². The lowest BCUT2D eigenvalue weighted by Crippen LogP contribution is -2.16. The van der Waals surface area contributed by atoms with Crippen LogP contribution in [-0.2, 0) is 21.2 Å². The molecular weight excluding hydrogens is 460 g/mol. The molecule has 1 amide bonds. The van der Waals surface area contributed by atoms with Gasteiger partial charge in [0, 0.05) is 11.4 Å². The van der Waals surface area contributed by atoms with Crippen molar-refractivity contribution < 1.29 is 32.2 Å². The number of nitrogens with one attached hydrogen (secondary N) is 2. The van der Waals surface area contributed by atoms with Crippen LogP contribution >= 0.6 is 0 Å². The smallest absolute Gasteiger partial charge is 0.261 e. The van der Waals surface area contributed by atoms with Crippen molar-refractivity contribution in [1.82, 2.24) is 0 Å². The fourth-order valence-corrected chi connectivity index (χ4v) is 4.35. The molecule has 0 atom stereocenters. The molecule has 180 valence electrons. The molecule has 0 fully saturated rings. The van der Waals surface area contributed by atoms with Gasteiger partial charge in [0.25, 0.3) is 10.0 Å². The van der Waals surface area contributed by atoms with Gasteiger partial charge < -0.3 is 24.3 Å². The molecule has 0 bridgehead atoms. The summed E-state index contributed by atoms with van der Waals surface area (Å²) in [6.45, 7) is 0. The second-order valence-corrected chi connectivity index (χ2v) is 8.80. The predicted molar refractivity (Wildman–Crippen MR) is 129 cm³/mol. The van der Waals surface area contributed by atoms with Gasteiger partial charge in [-0.1, -0.05) is 6.07 Å². The number of hydrogen-bond acceptors (Lipinski definition) is 7. The zero-order chi connectivity index (χ0) is 24.7. The largest absolute Gasteiger partial charge is 0.497 e. The number of methoxy groups -OCH3 is 4. The lowest BCUT2D eigenvalue weighted by molar-refractivity contribution is -0.115. The second kappa shape index (κ2) is 10.8. The molecule has 2 N–H and O–H groups in total. The Labute approximate surface area is 198 Å². The van der Waals surface area contributed by atoms with E-state index in [9.17, 15) is 13.2 Å². The fraction of sp³-hybridized carbons (Fsp3) is 0.208. The molecule has 0 aliphatic carbocycles. The van der Waals surface area contributed by atoms with Crippen molar-refractivity contribution in [2.24, 2.45) is 0 Å². The van der Waals surface area contributed by atoms with Gasteiger partial charge >= 0.3 is 0 Å². The summed E-state index contributed by atoms with van der Waals surface area (Å²) in [4.78, 5) is 12.7. The first-order valence-electron chi connectivity index (χ1n) is 10.1. The highest BCUT2D eigenvalue weighted by molar-refractivity contribution is 7.92. The Morgan fingerprint density at radius 2 is 1.44 bits per heavy atom.